The number of hydrogen-bond donors (Lipinski definition) is 0. The van der Waals surface area contributed by atoms with Crippen molar-refractivity contribution in [1.82, 2.24) is 9.59 Å². The van der Waals surface area contributed by atoms with Gasteiger partial charge in [0.25, 0.3) is 5.91 Å². The second-order valence-electron chi connectivity index (χ2n) is 4.48. The highest BCUT2D eigenvalue weighted by molar-refractivity contribution is 7.03. The fourth-order valence-electron chi connectivity index (χ4n) is 2.29. The van der Waals surface area contributed by atoms with Crippen LogP contribution < -0.4 is 4.90 Å². The fraction of sp³-hybridized carbons (Fsp3) is 0.308. The monoisotopic (exact) mass is 259 g/mol. The Morgan fingerprint density at radius 1 is 1.44 bits per heavy atom. The summed E-state index contributed by atoms with van der Waals surface area (Å²) in [5, 5.41) is 5.56. The maximum absolute atomic E-state index is 12.4. The van der Waals surface area contributed by atoms with Crippen LogP contribution in [-0.4, -0.2) is 22.0 Å². The molecular weight excluding hydrogens is 246 g/mol. The van der Waals surface area contributed by atoms with E-state index in [0.29, 0.717) is 5.69 Å². The first kappa shape index (κ1) is 11.3. The van der Waals surface area contributed by atoms with E-state index in [-0.39, 0.29) is 5.91 Å². The van der Waals surface area contributed by atoms with Gasteiger partial charge in [-0.3, -0.25) is 4.79 Å². The molecule has 18 heavy (non-hydrogen) atoms. The maximum Gasteiger partial charge on any atom is 0.279 e. The van der Waals surface area contributed by atoms with Crippen molar-refractivity contribution in [3.05, 3.63) is 40.4 Å². The van der Waals surface area contributed by atoms with Crippen LogP contribution in [0, 0.1) is 6.92 Å². The van der Waals surface area contributed by atoms with Gasteiger partial charge in [-0.2, -0.15) is 0 Å². The summed E-state index contributed by atoms with van der Waals surface area (Å²) in [6.07, 6.45) is 2.04. The van der Waals surface area contributed by atoms with Crippen molar-refractivity contribution in [1.29, 1.82) is 0 Å². The lowest BCUT2D eigenvalue weighted by Crippen LogP contribution is -2.35. The number of carbonyl (C=O) groups is 1. The summed E-state index contributed by atoms with van der Waals surface area (Å²) in [6.45, 7) is 2.80. The number of fused-ring (bicyclic) bond motifs is 1. The number of carbonyl (C=O) groups excluding carboxylic acids is 1. The third kappa shape index (κ3) is 1.90. The highest BCUT2D eigenvalue weighted by atomic mass is 32.1. The maximum atomic E-state index is 12.4. The molecule has 4 nitrogen and oxygen atoms in total. The molecule has 0 atom stereocenters. The van der Waals surface area contributed by atoms with Gasteiger partial charge in [-0.15, -0.1) is 5.10 Å². The van der Waals surface area contributed by atoms with Gasteiger partial charge >= 0.3 is 0 Å². The van der Waals surface area contributed by atoms with Crippen LogP contribution in [0.5, 0.6) is 0 Å². The Kier molecular flexibility index (Phi) is 2.83. The van der Waals surface area contributed by atoms with Gasteiger partial charge in [-0.25, -0.2) is 0 Å². The van der Waals surface area contributed by atoms with E-state index in [4.69, 9.17) is 0 Å². The van der Waals surface area contributed by atoms with Crippen LogP contribution in [0.15, 0.2) is 23.6 Å². The highest BCUT2D eigenvalue weighted by Gasteiger charge is 2.24. The zero-order valence-electron chi connectivity index (χ0n) is 10.1. The van der Waals surface area contributed by atoms with Gasteiger partial charge in [-0.05, 0) is 48.5 Å². The minimum atomic E-state index is -0.0460. The minimum Gasteiger partial charge on any atom is -0.307 e. The number of anilines is 1. The van der Waals surface area contributed by atoms with Gasteiger partial charge < -0.3 is 4.90 Å². The van der Waals surface area contributed by atoms with Crippen molar-refractivity contribution in [2.45, 2.75) is 19.8 Å². The molecule has 0 radical (unpaired) electrons. The number of aryl methyl sites for hydroxylation is 2. The number of benzene rings is 1. The molecule has 5 heteroatoms. The van der Waals surface area contributed by atoms with Crippen LogP contribution in [0.3, 0.4) is 0 Å². The van der Waals surface area contributed by atoms with Crippen LogP contribution in [-0.2, 0) is 6.42 Å². The molecule has 2 heterocycles. The van der Waals surface area contributed by atoms with Gasteiger partial charge in [0.2, 0.25) is 0 Å². The summed E-state index contributed by atoms with van der Waals surface area (Å²) in [5.41, 5.74) is 3.88. The quantitative estimate of drug-likeness (QED) is 0.790. The second-order valence-corrected chi connectivity index (χ2v) is 5.09. The first-order valence-corrected chi connectivity index (χ1v) is 6.78. The van der Waals surface area contributed by atoms with Crippen LogP contribution in [0.2, 0.25) is 0 Å². The van der Waals surface area contributed by atoms with E-state index < -0.39 is 0 Å². The van der Waals surface area contributed by atoms with Gasteiger partial charge in [0.15, 0.2) is 5.69 Å². The van der Waals surface area contributed by atoms with Crippen LogP contribution in [0.25, 0.3) is 0 Å². The van der Waals surface area contributed by atoms with Crippen molar-refractivity contribution in [2.75, 3.05) is 11.4 Å². The Hall–Kier alpha value is -1.75. The molecule has 0 spiro atoms. The van der Waals surface area contributed by atoms with Crippen molar-refractivity contribution < 1.29 is 4.79 Å². The first-order valence-electron chi connectivity index (χ1n) is 5.94. The third-order valence-electron chi connectivity index (χ3n) is 3.18. The summed E-state index contributed by atoms with van der Waals surface area (Å²) in [5.74, 6) is -0.0460. The molecule has 0 fully saturated rings. The van der Waals surface area contributed by atoms with E-state index in [9.17, 15) is 4.79 Å². The van der Waals surface area contributed by atoms with E-state index in [1.54, 1.807) is 5.38 Å². The molecule has 1 aromatic carbocycles. The summed E-state index contributed by atoms with van der Waals surface area (Å²) in [7, 11) is 0. The Balaban J connectivity index is 2.01. The Labute approximate surface area is 109 Å². The number of hydrogen-bond acceptors (Lipinski definition) is 4. The Morgan fingerprint density at radius 2 is 2.33 bits per heavy atom. The topological polar surface area (TPSA) is 46.1 Å². The van der Waals surface area contributed by atoms with E-state index >= 15 is 0 Å². The molecule has 1 aromatic heterocycles. The summed E-state index contributed by atoms with van der Waals surface area (Å²) in [4.78, 5) is 14.2. The molecule has 2 aromatic rings. The normalized spacial score (nSPS) is 14.4. The molecule has 0 N–H and O–H groups in total. The SMILES string of the molecule is Cc1ccc2c(c1)N(C(=O)c1csnn1)CCC2. The lowest BCUT2D eigenvalue weighted by Gasteiger charge is -2.29. The molecule has 0 saturated heterocycles. The van der Waals surface area contributed by atoms with Crippen molar-refractivity contribution in [2.24, 2.45) is 0 Å². The van der Waals surface area contributed by atoms with Crippen molar-refractivity contribution in [3.63, 3.8) is 0 Å². The van der Waals surface area contributed by atoms with E-state index in [2.05, 4.69) is 27.8 Å². The standard InChI is InChI=1S/C13H13N3OS/c1-9-4-5-10-3-2-6-16(12(10)7-9)13(17)11-8-18-15-14-11/h4-5,7-8H,2-3,6H2,1H3. The number of rotatable bonds is 1. The number of amides is 1. The highest BCUT2D eigenvalue weighted by Crippen LogP contribution is 2.29. The number of aromatic nitrogens is 2. The smallest absolute Gasteiger partial charge is 0.279 e. The minimum absolute atomic E-state index is 0.0460. The van der Waals surface area contributed by atoms with Gasteiger partial charge in [-0.1, -0.05) is 16.6 Å². The van der Waals surface area contributed by atoms with Crippen LogP contribution in [0.1, 0.15) is 28.0 Å². The summed E-state index contributed by atoms with van der Waals surface area (Å²) < 4.78 is 3.76. The molecule has 0 bridgehead atoms. The van der Waals surface area contributed by atoms with Gasteiger partial charge in [0.1, 0.15) is 0 Å². The van der Waals surface area contributed by atoms with Crippen molar-refractivity contribution >= 4 is 23.1 Å². The number of nitrogens with zero attached hydrogens (tertiary/aromatic N) is 3. The Morgan fingerprint density at radius 3 is 3.11 bits per heavy atom. The van der Waals surface area contributed by atoms with E-state index in [1.807, 2.05) is 11.8 Å². The lowest BCUT2D eigenvalue weighted by atomic mass is 9.99. The molecule has 1 aliphatic rings. The molecule has 1 aliphatic heterocycles. The molecule has 0 unspecified atom stereocenters. The second kappa shape index (κ2) is 4.49. The molecule has 1 amide bonds. The predicted octanol–water partition coefficient (Wildman–Crippen LogP) is 2.44. The zero-order chi connectivity index (χ0) is 12.5. The molecule has 0 saturated carbocycles. The molecule has 92 valence electrons. The van der Waals surface area contributed by atoms with Gasteiger partial charge in [0, 0.05) is 17.6 Å². The van der Waals surface area contributed by atoms with E-state index in [1.165, 1.54) is 22.7 Å². The summed E-state index contributed by atoms with van der Waals surface area (Å²) >= 11 is 1.21. The molecule has 3 rings (SSSR count). The lowest BCUT2D eigenvalue weighted by molar-refractivity contribution is 0.0980. The molecular formula is C13H13N3OS. The average Bonchev–Trinajstić information content (AvgIpc) is 2.91. The average molecular weight is 259 g/mol. The predicted molar refractivity (Wildman–Crippen MR) is 71.1 cm³/mol. The van der Waals surface area contributed by atoms with Crippen LogP contribution in [0.4, 0.5) is 5.69 Å². The Bertz CT molecular complexity index is 580. The summed E-state index contributed by atoms with van der Waals surface area (Å²) in [6, 6.07) is 6.28. The third-order valence-corrected chi connectivity index (χ3v) is 3.69. The van der Waals surface area contributed by atoms with Crippen molar-refractivity contribution in [3.8, 4) is 0 Å². The largest absolute Gasteiger partial charge is 0.307 e. The van der Waals surface area contributed by atoms with E-state index in [0.717, 1.165) is 25.1 Å². The first-order chi connectivity index (χ1) is 8.75. The van der Waals surface area contributed by atoms with Crippen LogP contribution >= 0.6 is 11.5 Å². The molecule has 0 aliphatic carbocycles. The zero-order valence-corrected chi connectivity index (χ0v) is 10.9. The fourth-order valence-corrected chi connectivity index (χ4v) is 2.72. The van der Waals surface area contributed by atoms with Gasteiger partial charge in [0.05, 0.1) is 0 Å².